The summed E-state index contributed by atoms with van der Waals surface area (Å²) in [5, 5.41) is 0. The van der Waals surface area contributed by atoms with Gasteiger partial charge in [0, 0.05) is 0 Å². The van der Waals surface area contributed by atoms with E-state index in [1.807, 2.05) is 0 Å². The minimum absolute atomic E-state index is 0.752. The summed E-state index contributed by atoms with van der Waals surface area (Å²) in [5.41, 5.74) is 0. The van der Waals surface area contributed by atoms with Crippen LogP contribution < -0.4 is 0 Å². The van der Waals surface area contributed by atoms with Gasteiger partial charge in [0.25, 0.3) is 0 Å². The molecule has 0 aliphatic carbocycles. The average molecular weight is 246 g/mol. The summed E-state index contributed by atoms with van der Waals surface area (Å²) in [6, 6.07) is 0. The molecular weight excluding hydrogens is 241 g/mol. The summed E-state index contributed by atoms with van der Waals surface area (Å²) >= 11 is 7.10. The summed E-state index contributed by atoms with van der Waals surface area (Å²) in [6.45, 7) is 0. The predicted molar refractivity (Wildman–Crippen MR) is 35.1 cm³/mol. The van der Waals surface area contributed by atoms with E-state index in [2.05, 4.69) is 9.95 Å². The average Bonchev–Trinajstić information content (AvgIpc) is 2.14. The molecule has 1 aliphatic heterocycles. The second-order valence-corrected chi connectivity index (χ2v) is 7.62. The molecule has 0 saturated carbocycles. The van der Waals surface area contributed by atoms with E-state index in [0.29, 0.717) is 0 Å². The molecule has 0 radical (unpaired) electrons. The predicted octanol–water partition coefficient (Wildman–Crippen LogP) is 0.864. The van der Waals surface area contributed by atoms with Crippen molar-refractivity contribution in [3.63, 3.8) is 0 Å². The van der Waals surface area contributed by atoms with Crippen LogP contribution >= 0.6 is 11.6 Å². The van der Waals surface area contributed by atoms with Gasteiger partial charge in [0.15, 0.2) is 0 Å². The molecule has 0 unspecified atom stereocenters. The quantitative estimate of drug-likeness (QED) is 0.476. The van der Waals surface area contributed by atoms with E-state index < -0.39 is 0 Å². The number of alkyl halides is 1. The molecule has 0 spiro atoms. The van der Waals surface area contributed by atoms with Crippen molar-refractivity contribution < 1.29 is 0 Å². The molecule has 0 aromatic heterocycles. The Balaban J connectivity index is 2.22. The van der Waals surface area contributed by atoms with E-state index in [1.54, 1.807) is 0 Å². The molecule has 0 N–H and O–H groups in total. The van der Waals surface area contributed by atoms with Crippen LogP contribution in [0.25, 0.3) is 0 Å². The van der Waals surface area contributed by atoms with Crippen LogP contribution in [0, 0.1) is 0 Å². The van der Waals surface area contributed by atoms with Crippen molar-refractivity contribution in [1.29, 1.82) is 0 Å². The van der Waals surface area contributed by atoms with E-state index in [-0.39, 0.29) is 0 Å². The summed E-state index contributed by atoms with van der Waals surface area (Å²) < 4.78 is 0.877. The summed E-state index contributed by atoms with van der Waals surface area (Å²) in [7, 11) is 0. The Bertz CT molecular complexity index is 73.8. The SMILES string of the molecule is ClCC1[Se]C=C[Se]1. The number of hydrogen-bond acceptors (Lipinski definition) is 0. The van der Waals surface area contributed by atoms with Crippen LogP contribution in [0.4, 0.5) is 0 Å². The minimum atomic E-state index is 0.752. The Morgan fingerprint density at radius 1 is 1.43 bits per heavy atom. The molecule has 0 amide bonds. The first-order valence-electron chi connectivity index (χ1n) is 1.95. The fraction of sp³-hybridized carbons (Fsp3) is 0.500. The molecular formula is C4H5ClSe2. The molecule has 40 valence electrons. The molecule has 1 heterocycles. The van der Waals surface area contributed by atoms with Crippen LogP contribution in [0.1, 0.15) is 0 Å². The van der Waals surface area contributed by atoms with Crippen LogP contribution in [-0.4, -0.2) is 35.8 Å². The van der Waals surface area contributed by atoms with E-state index in [1.165, 1.54) is 0 Å². The van der Waals surface area contributed by atoms with Gasteiger partial charge in [-0.05, 0) is 0 Å². The zero-order chi connectivity index (χ0) is 5.11. The second kappa shape index (κ2) is 3.17. The maximum absolute atomic E-state index is 5.60. The second-order valence-electron chi connectivity index (χ2n) is 1.13. The first-order chi connectivity index (χ1) is 3.43. The molecule has 1 rings (SSSR count). The Labute approximate surface area is 61.0 Å². The van der Waals surface area contributed by atoms with Gasteiger partial charge >= 0.3 is 61.1 Å². The molecule has 0 saturated heterocycles. The third-order valence-corrected chi connectivity index (χ3v) is 8.28. The van der Waals surface area contributed by atoms with Crippen LogP contribution in [0.2, 0.25) is 3.71 Å². The Kier molecular flexibility index (Phi) is 2.80. The van der Waals surface area contributed by atoms with Crippen LogP contribution in [-0.2, 0) is 0 Å². The first kappa shape index (κ1) is 6.19. The molecule has 3 heteroatoms. The van der Waals surface area contributed by atoms with Gasteiger partial charge in [0.2, 0.25) is 0 Å². The van der Waals surface area contributed by atoms with Gasteiger partial charge in [-0.1, -0.05) is 0 Å². The molecule has 0 atom stereocenters. The van der Waals surface area contributed by atoms with Crippen LogP contribution in [0.15, 0.2) is 9.95 Å². The molecule has 0 aromatic carbocycles. The van der Waals surface area contributed by atoms with Crippen molar-refractivity contribution in [3.05, 3.63) is 9.95 Å². The van der Waals surface area contributed by atoms with Crippen molar-refractivity contribution >= 4 is 41.5 Å². The number of halogens is 1. The topological polar surface area (TPSA) is 0 Å². The Morgan fingerprint density at radius 2 is 2.00 bits per heavy atom. The normalized spacial score (nSPS) is 21.3. The van der Waals surface area contributed by atoms with Crippen molar-refractivity contribution in [3.8, 4) is 0 Å². The van der Waals surface area contributed by atoms with Crippen molar-refractivity contribution in [2.75, 3.05) is 5.88 Å². The van der Waals surface area contributed by atoms with Gasteiger partial charge < -0.3 is 0 Å². The Hall–Kier alpha value is 1.07. The zero-order valence-corrected chi connectivity index (χ0v) is 7.82. The van der Waals surface area contributed by atoms with Crippen molar-refractivity contribution in [1.82, 2.24) is 0 Å². The molecule has 0 bridgehead atoms. The molecule has 0 fully saturated rings. The van der Waals surface area contributed by atoms with E-state index in [0.717, 1.165) is 39.5 Å². The zero-order valence-electron chi connectivity index (χ0n) is 3.63. The van der Waals surface area contributed by atoms with Gasteiger partial charge in [0.1, 0.15) is 0 Å². The van der Waals surface area contributed by atoms with Gasteiger partial charge in [-0.3, -0.25) is 0 Å². The summed E-state index contributed by atoms with van der Waals surface area (Å²) in [4.78, 5) is 4.58. The molecule has 1 aliphatic rings. The fourth-order valence-electron chi connectivity index (χ4n) is 0.344. The maximum atomic E-state index is 5.60. The summed E-state index contributed by atoms with van der Waals surface area (Å²) in [5.74, 6) is 0.882. The van der Waals surface area contributed by atoms with Crippen molar-refractivity contribution in [2.24, 2.45) is 0 Å². The molecule has 7 heavy (non-hydrogen) atoms. The molecule has 0 nitrogen and oxygen atoms in total. The summed E-state index contributed by atoms with van der Waals surface area (Å²) in [6.07, 6.45) is 0. The number of rotatable bonds is 1. The third-order valence-electron chi connectivity index (χ3n) is 0.642. The van der Waals surface area contributed by atoms with Gasteiger partial charge in [-0.15, -0.1) is 0 Å². The van der Waals surface area contributed by atoms with Gasteiger partial charge in [-0.25, -0.2) is 0 Å². The van der Waals surface area contributed by atoms with Gasteiger partial charge in [0.05, 0.1) is 0 Å². The standard InChI is InChI=1S/C4H5ClSe2/c5-3-4-6-1-2-7-4/h1-2,4H,3H2. The number of hydrogen-bond donors (Lipinski definition) is 0. The molecule has 0 aromatic rings. The van der Waals surface area contributed by atoms with Crippen LogP contribution in [0.3, 0.4) is 0 Å². The third kappa shape index (κ3) is 1.79. The van der Waals surface area contributed by atoms with E-state index >= 15 is 0 Å². The Morgan fingerprint density at radius 3 is 2.29 bits per heavy atom. The monoisotopic (exact) mass is 248 g/mol. The first-order valence-corrected chi connectivity index (χ1v) is 6.44. The van der Waals surface area contributed by atoms with Crippen molar-refractivity contribution in [2.45, 2.75) is 3.71 Å². The van der Waals surface area contributed by atoms with Crippen LogP contribution in [0.5, 0.6) is 0 Å². The van der Waals surface area contributed by atoms with E-state index in [9.17, 15) is 0 Å². The van der Waals surface area contributed by atoms with Gasteiger partial charge in [-0.2, -0.15) is 0 Å². The van der Waals surface area contributed by atoms with E-state index in [4.69, 9.17) is 11.6 Å². The fourth-order valence-corrected chi connectivity index (χ4v) is 6.04.